The molecular formula is C14H20N2O2S. The van der Waals surface area contributed by atoms with Crippen LogP contribution in [-0.2, 0) is 6.54 Å². The molecular weight excluding hydrogens is 260 g/mol. The van der Waals surface area contributed by atoms with E-state index in [2.05, 4.69) is 29.4 Å². The molecule has 3 N–H and O–H groups in total. The number of carbonyl (C=O) groups excluding carboxylic acids is 1. The summed E-state index contributed by atoms with van der Waals surface area (Å²) in [4.78, 5) is 12.5. The highest BCUT2D eigenvalue weighted by Crippen LogP contribution is 2.15. The summed E-state index contributed by atoms with van der Waals surface area (Å²) >= 11 is 1.57. The lowest BCUT2D eigenvalue weighted by molar-refractivity contribution is 0.240. The zero-order chi connectivity index (χ0) is 13.9. The van der Waals surface area contributed by atoms with Crippen molar-refractivity contribution in [1.82, 2.24) is 10.6 Å². The van der Waals surface area contributed by atoms with Crippen LogP contribution in [-0.4, -0.2) is 24.3 Å². The number of hydrogen-bond donors (Lipinski definition) is 3. The van der Waals surface area contributed by atoms with Crippen LogP contribution in [0.15, 0.2) is 11.4 Å². The van der Waals surface area contributed by atoms with E-state index in [-0.39, 0.29) is 12.6 Å². The van der Waals surface area contributed by atoms with Gasteiger partial charge in [-0.15, -0.1) is 11.3 Å². The predicted octanol–water partition coefficient (Wildman–Crippen LogP) is 2.08. The third kappa shape index (κ3) is 6.27. The van der Waals surface area contributed by atoms with Crippen LogP contribution in [0.4, 0.5) is 4.79 Å². The first-order chi connectivity index (χ1) is 9.27. The van der Waals surface area contributed by atoms with Gasteiger partial charge in [0.1, 0.15) is 0 Å². The molecule has 0 saturated heterocycles. The number of amides is 2. The van der Waals surface area contributed by atoms with Crippen LogP contribution in [0.2, 0.25) is 0 Å². The number of aliphatic hydroxyl groups excluding tert-OH is 1. The molecule has 0 aliphatic heterocycles. The average Bonchev–Trinajstić information content (AvgIpc) is 2.85. The number of hydrogen-bond acceptors (Lipinski definition) is 3. The van der Waals surface area contributed by atoms with Gasteiger partial charge in [0.05, 0.1) is 13.2 Å². The molecule has 0 aliphatic rings. The monoisotopic (exact) mass is 280 g/mol. The molecule has 0 aliphatic carbocycles. The molecule has 1 heterocycles. The molecule has 1 aromatic heterocycles. The molecule has 19 heavy (non-hydrogen) atoms. The molecule has 2 amide bonds. The molecule has 0 bridgehead atoms. The summed E-state index contributed by atoms with van der Waals surface area (Å²) in [5.41, 5.74) is 0.923. The molecule has 0 saturated carbocycles. The van der Waals surface area contributed by atoms with Crippen LogP contribution in [0.1, 0.15) is 36.6 Å². The number of unbranched alkanes of at least 4 members (excludes halogenated alkanes) is 1. The van der Waals surface area contributed by atoms with Gasteiger partial charge in [-0.3, -0.25) is 0 Å². The topological polar surface area (TPSA) is 61.4 Å². The molecule has 0 atom stereocenters. The fourth-order valence-electron chi connectivity index (χ4n) is 1.40. The van der Waals surface area contributed by atoms with E-state index in [0.717, 1.165) is 23.3 Å². The maximum atomic E-state index is 11.5. The zero-order valence-electron chi connectivity index (χ0n) is 11.2. The van der Waals surface area contributed by atoms with Crippen LogP contribution in [0.5, 0.6) is 0 Å². The Morgan fingerprint density at radius 1 is 1.47 bits per heavy atom. The predicted molar refractivity (Wildman–Crippen MR) is 78.0 cm³/mol. The second kappa shape index (κ2) is 9.42. The van der Waals surface area contributed by atoms with Crippen molar-refractivity contribution in [3.63, 3.8) is 0 Å². The molecule has 0 spiro atoms. The standard InChI is InChI=1S/C14H20N2O2S/c1-2-3-8-15-14(18)16-11-13-12(7-10-19-13)6-4-5-9-17/h7,10,17H,2-3,5,8-9,11H2,1H3,(H2,15,16,18). The summed E-state index contributed by atoms with van der Waals surface area (Å²) in [5, 5.41) is 16.3. The summed E-state index contributed by atoms with van der Waals surface area (Å²) in [5.74, 6) is 5.88. The summed E-state index contributed by atoms with van der Waals surface area (Å²) in [6.45, 7) is 3.35. The van der Waals surface area contributed by atoms with Gasteiger partial charge in [-0.25, -0.2) is 4.79 Å². The van der Waals surface area contributed by atoms with Gasteiger partial charge < -0.3 is 15.7 Å². The minimum absolute atomic E-state index is 0.0740. The summed E-state index contributed by atoms with van der Waals surface area (Å²) in [6, 6.07) is 1.79. The van der Waals surface area contributed by atoms with E-state index in [1.807, 2.05) is 11.4 Å². The minimum Gasteiger partial charge on any atom is -0.395 e. The van der Waals surface area contributed by atoms with Crippen LogP contribution in [0.3, 0.4) is 0 Å². The van der Waals surface area contributed by atoms with E-state index in [9.17, 15) is 4.79 Å². The molecule has 1 aromatic rings. The average molecular weight is 280 g/mol. The highest BCUT2D eigenvalue weighted by Gasteiger charge is 2.04. The van der Waals surface area contributed by atoms with Crippen molar-refractivity contribution in [2.45, 2.75) is 32.7 Å². The molecule has 0 fully saturated rings. The SMILES string of the molecule is CCCCNC(=O)NCc1sccc1C#CCCO. The number of urea groups is 1. The van der Waals surface area contributed by atoms with Crippen molar-refractivity contribution < 1.29 is 9.90 Å². The van der Waals surface area contributed by atoms with E-state index >= 15 is 0 Å². The maximum absolute atomic E-state index is 11.5. The van der Waals surface area contributed by atoms with Crippen LogP contribution < -0.4 is 10.6 Å². The lowest BCUT2D eigenvalue weighted by atomic mass is 10.2. The Balaban J connectivity index is 2.39. The number of nitrogens with one attached hydrogen (secondary N) is 2. The summed E-state index contributed by atoms with van der Waals surface area (Å²) in [7, 11) is 0. The normalized spacial score (nSPS) is 9.58. The molecule has 5 heteroatoms. The van der Waals surface area contributed by atoms with Crippen molar-refractivity contribution in [3.05, 3.63) is 21.9 Å². The van der Waals surface area contributed by atoms with E-state index in [0.29, 0.717) is 19.5 Å². The fourth-order valence-corrected chi connectivity index (χ4v) is 2.17. The van der Waals surface area contributed by atoms with Gasteiger partial charge in [0.25, 0.3) is 0 Å². The first kappa shape index (κ1) is 15.5. The highest BCUT2D eigenvalue weighted by atomic mass is 32.1. The van der Waals surface area contributed by atoms with E-state index < -0.39 is 0 Å². The third-order valence-corrected chi connectivity index (χ3v) is 3.35. The Morgan fingerprint density at radius 2 is 2.32 bits per heavy atom. The quantitative estimate of drug-likeness (QED) is 0.552. The van der Waals surface area contributed by atoms with Gasteiger partial charge in [-0.05, 0) is 17.9 Å². The van der Waals surface area contributed by atoms with Crippen LogP contribution >= 0.6 is 11.3 Å². The van der Waals surface area contributed by atoms with Gasteiger partial charge in [0.15, 0.2) is 0 Å². The van der Waals surface area contributed by atoms with Gasteiger partial charge in [0.2, 0.25) is 0 Å². The summed E-state index contributed by atoms with van der Waals surface area (Å²) < 4.78 is 0. The van der Waals surface area contributed by atoms with Gasteiger partial charge in [-0.1, -0.05) is 25.2 Å². The molecule has 0 aromatic carbocycles. The minimum atomic E-state index is -0.142. The number of rotatable bonds is 6. The maximum Gasteiger partial charge on any atom is 0.315 e. The first-order valence-corrected chi connectivity index (χ1v) is 7.33. The highest BCUT2D eigenvalue weighted by molar-refractivity contribution is 7.10. The van der Waals surface area contributed by atoms with Crippen molar-refractivity contribution in [1.29, 1.82) is 0 Å². The number of thiophene rings is 1. The Morgan fingerprint density at radius 3 is 3.05 bits per heavy atom. The molecule has 0 radical (unpaired) electrons. The Bertz CT molecular complexity index is 446. The van der Waals surface area contributed by atoms with Crippen molar-refractivity contribution >= 4 is 17.4 Å². The van der Waals surface area contributed by atoms with Crippen LogP contribution in [0.25, 0.3) is 0 Å². The lowest BCUT2D eigenvalue weighted by Gasteiger charge is -2.06. The Kier molecular flexibility index (Phi) is 7.71. The summed E-state index contributed by atoms with van der Waals surface area (Å²) in [6.07, 6.45) is 2.53. The Labute approximate surface area is 118 Å². The smallest absolute Gasteiger partial charge is 0.315 e. The molecule has 104 valence electrons. The fraction of sp³-hybridized carbons (Fsp3) is 0.500. The third-order valence-electron chi connectivity index (χ3n) is 2.43. The first-order valence-electron chi connectivity index (χ1n) is 6.45. The molecule has 0 unspecified atom stereocenters. The number of aliphatic hydroxyl groups is 1. The van der Waals surface area contributed by atoms with Gasteiger partial charge in [-0.2, -0.15) is 0 Å². The zero-order valence-corrected chi connectivity index (χ0v) is 12.0. The molecule has 4 nitrogen and oxygen atoms in total. The van der Waals surface area contributed by atoms with E-state index in [1.54, 1.807) is 11.3 Å². The van der Waals surface area contributed by atoms with E-state index in [1.165, 1.54) is 0 Å². The Hall–Kier alpha value is -1.51. The second-order valence-corrected chi connectivity index (χ2v) is 5.00. The van der Waals surface area contributed by atoms with Crippen molar-refractivity contribution in [2.75, 3.05) is 13.2 Å². The number of carbonyl (C=O) groups is 1. The van der Waals surface area contributed by atoms with Crippen molar-refractivity contribution in [2.24, 2.45) is 0 Å². The van der Waals surface area contributed by atoms with Crippen LogP contribution in [0, 0.1) is 11.8 Å². The van der Waals surface area contributed by atoms with Crippen molar-refractivity contribution in [3.8, 4) is 11.8 Å². The second-order valence-electron chi connectivity index (χ2n) is 4.00. The van der Waals surface area contributed by atoms with Gasteiger partial charge >= 0.3 is 6.03 Å². The molecule has 1 rings (SSSR count). The van der Waals surface area contributed by atoms with E-state index in [4.69, 9.17) is 5.11 Å². The van der Waals surface area contributed by atoms with Gasteiger partial charge in [0, 0.05) is 23.4 Å². The largest absolute Gasteiger partial charge is 0.395 e. The lowest BCUT2D eigenvalue weighted by Crippen LogP contribution is -2.35.